The average molecular weight is 474 g/mol. The van der Waals surface area contributed by atoms with Gasteiger partial charge in [0.15, 0.2) is 0 Å². The molecule has 3 heterocycles. The van der Waals surface area contributed by atoms with E-state index in [4.69, 9.17) is 14.4 Å². The molecule has 0 saturated carbocycles. The summed E-state index contributed by atoms with van der Waals surface area (Å²) in [7, 11) is 0. The first-order valence-corrected chi connectivity index (χ1v) is 13.9. The van der Waals surface area contributed by atoms with Gasteiger partial charge in [-0.25, -0.2) is 4.98 Å². The van der Waals surface area contributed by atoms with Crippen LogP contribution >= 0.6 is 0 Å². The molecule has 4 heteroatoms. The van der Waals surface area contributed by atoms with Crippen molar-refractivity contribution in [3.8, 4) is 22.6 Å². The van der Waals surface area contributed by atoms with E-state index in [0.717, 1.165) is 47.9 Å². The van der Waals surface area contributed by atoms with Crippen molar-refractivity contribution < 1.29 is 4.42 Å². The molecular formula is C31H43N3O. The second-order valence-electron chi connectivity index (χ2n) is 10.3. The Morgan fingerprint density at radius 3 is 2.29 bits per heavy atom. The van der Waals surface area contributed by atoms with Gasteiger partial charge >= 0.3 is 0 Å². The molecule has 1 aliphatic rings. The summed E-state index contributed by atoms with van der Waals surface area (Å²) in [5.41, 5.74) is 5.65. The Hall–Kier alpha value is -2.46. The normalized spacial score (nSPS) is 16.3. The molecule has 0 radical (unpaired) electrons. The smallest absolute Gasteiger partial charge is 0.226 e. The number of hydrogen-bond acceptors (Lipinski definition) is 4. The van der Waals surface area contributed by atoms with E-state index in [1.54, 1.807) is 0 Å². The van der Waals surface area contributed by atoms with E-state index >= 15 is 0 Å². The maximum Gasteiger partial charge on any atom is 0.226 e. The van der Waals surface area contributed by atoms with Crippen molar-refractivity contribution in [2.24, 2.45) is 0 Å². The average Bonchev–Trinajstić information content (AvgIpc) is 3.47. The van der Waals surface area contributed by atoms with Crippen LogP contribution in [-0.4, -0.2) is 34.0 Å². The van der Waals surface area contributed by atoms with Gasteiger partial charge in [-0.3, -0.25) is 4.98 Å². The number of benzene rings is 1. The molecule has 0 spiro atoms. The van der Waals surface area contributed by atoms with E-state index in [0.29, 0.717) is 6.04 Å². The van der Waals surface area contributed by atoms with Crippen LogP contribution in [0.2, 0.25) is 0 Å². The predicted molar refractivity (Wildman–Crippen MR) is 146 cm³/mol. The number of aryl methyl sites for hydroxylation is 2. The topological polar surface area (TPSA) is 42.2 Å². The molecule has 1 unspecified atom stereocenters. The number of likely N-dealkylation sites (tertiary alicyclic amines) is 1. The quantitative estimate of drug-likeness (QED) is 0.236. The van der Waals surface area contributed by atoms with Gasteiger partial charge in [0.2, 0.25) is 5.89 Å². The van der Waals surface area contributed by atoms with Gasteiger partial charge in [-0.05, 0) is 69.8 Å². The standard InChI is InChI=1S/C31H43N3O/c1-4-5-6-7-8-9-10-13-29-19-18-28(23-32-29)26-14-16-27(17-15-26)31-33-30(25(3)35-31)20-22-34-21-11-12-24(34)2/h14-19,23-24H,4-13,20-22H2,1-3H3. The fraction of sp³-hybridized carbons (Fsp3) is 0.548. The third kappa shape index (κ3) is 7.27. The highest BCUT2D eigenvalue weighted by Crippen LogP contribution is 2.27. The van der Waals surface area contributed by atoms with Crippen molar-refractivity contribution in [1.29, 1.82) is 0 Å². The molecule has 0 amide bonds. The zero-order valence-corrected chi connectivity index (χ0v) is 22.1. The summed E-state index contributed by atoms with van der Waals surface area (Å²) >= 11 is 0. The second-order valence-corrected chi connectivity index (χ2v) is 10.3. The lowest BCUT2D eigenvalue weighted by Gasteiger charge is -2.20. The predicted octanol–water partition coefficient (Wildman–Crippen LogP) is 8.03. The Bertz CT molecular complexity index is 1020. The van der Waals surface area contributed by atoms with Gasteiger partial charge in [0.25, 0.3) is 0 Å². The summed E-state index contributed by atoms with van der Waals surface area (Å²) in [6, 6.07) is 13.6. The van der Waals surface area contributed by atoms with Gasteiger partial charge < -0.3 is 9.32 Å². The molecule has 4 rings (SSSR count). The lowest BCUT2D eigenvalue weighted by molar-refractivity contribution is 0.271. The Balaban J connectivity index is 1.28. The molecule has 0 bridgehead atoms. The first-order valence-electron chi connectivity index (χ1n) is 13.9. The van der Waals surface area contributed by atoms with Crippen LogP contribution in [0.1, 0.15) is 88.8 Å². The monoisotopic (exact) mass is 473 g/mol. The largest absolute Gasteiger partial charge is 0.441 e. The Morgan fingerprint density at radius 2 is 1.60 bits per heavy atom. The minimum atomic E-state index is 0.693. The Labute approximate surface area is 212 Å². The van der Waals surface area contributed by atoms with Crippen molar-refractivity contribution in [3.05, 3.63) is 59.7 Å². The summed E-state index contributed by atoms with van der Waals surface area (Å²) < 4.78 is 6.04. The second kappa shape index (κ2) is 13.0. The van der Waals surface area contributed by atoms with Crippen molar-refractivity contribution in [2.45, 2.75) is 97.4 Å². The molecule has 0 aliphatic carbocycles. The lowest BCUT2D eigenvalue weighted by atomic mass is 10.0. The number of rotatable bonds is 13. The van der Waals surface area contributed by atoms with E-state index in [1.165, 1.54) is 75.6 Å². The van der Waals surface area contributed by atoms with Crippen LogP contribution in [0.3, 0.4) is 0 Å². The van der Waals surface area contributed by atoms with Crippen LogP contribution in [0.4, 0.5) is 0 Å². The first kappa shape index (κ1) is 25.6. The van der Waals surface area contributed by atoms with Crippen molar-refractivity contribution in [3.63, 3.8) is 0 Å². The maximum absolute atomic E-state index is 6.04. The molecule has 0 N–H and O–H groups in total. The van der Waals surface area contributed by atoms with E-state index in [-0.39, 0.29) is 0 Å². The van der Waals surface area contributed by atoms with Gasteiger partial charge in [-0.15, -0.1) is 0 Å². The fourth-order valence-corrected chi connectivity index (χ4v) is 5.17. The van der Waals surface area contributed by atoms with Gasteiger partial charge in [0, 0.05) is 42.0 Å². The summed E-state index contributed by atoms with van der Waals surface area (Å²) in [6.45, 7) is 8.91. The minimum Gasteiger partial charge on any atom is -0.441 e. The Morgan fingerprint density at radius 1 is 0.886 bits per heavy atom. The van der Waals surface area contributed by atoms with Gasteiger partial charge in [0.05, 0.1) is 5.69 Å². The number of pyridine rings is 1. The van der Waals surface area contributed by atoms with Crippen molar-refractivity contribution >= 4 is 0 Å². The lowest BCUT2D eigenvalue weighted by Crippen LogP contribution is -2.29. The molecule has 4 nitrogen and oxygen atoms in total. The van der Waals surface area contributed by atoms with Crippen LogP contribution in [0.15, 0.2) is 47.0 Å². The number of unbranched alkanes of at least 4 members (excludes halogenated alkanes) is 6. The third-order valence-electron chi connectivity index (χ3n) is 7.55. The molecule has 35 heavy (non-hydrogen) atoms. The highest BCUT2D eigenvalue weighted by molar-refractivity contribution is 5.66. The molecule has 1 fully saturated rings. The number of hydrogen-bond donors (Lipinski definition) is 0. The number of aromatic nitrogens is 2. The highest BCUT2D eigenvalue weighted by Gasteiger charge is 2.21. The molecule has 2 aromatic heterocycles. The minimum absolute atomic E-state index is 0.693. The van der Waals surface area contributed by atoms with Crippen LogP contribution in [-0.2, 0) is 12.8 Å². The molecule has 3 aromatic rings. The summed E-state index contributed by atoms with van der Waals surface area (Å²) in [6.07, 6.45) is 16.0. The van der Waals surface area contributed by atoms with Gasteiger partial charge in [-0.2, -0.15) is 0 Å². The van der Waals surface area contributed by atoms with Crippen LogP contribution in [0.25, 0.3) is 22.6 Å². The summed E-state index contributed by atoms with van der Waals surface area (Å²) in [5.74, 6) is 1.67. The van der Waals surface area contributed by atoms with Crippen molar-refractivity contribution in [1.82, 2.24) is 14.9 Å². The fourth-order valence-electron chi connectivity index (χ4n) is 5.17. The molecule has 1 aromatic carbocycles. The highest BCUT2D eigenvalue weighted by atomic mass is 16.4. The number of nitrogens with zero attached hydrogens (tertiary/aromatic N) is 3. The molecule has 1 aliphatic heterocycles. The number of oxazole rings is 1. The van der Waals surface area contributed by atoms with Gasteiger partial charge in [-0.1, -0.05) is 63.6 Å². The van der Waals surface area contributed by atoms with E-state index < -0.39 is 0 Å². The third-order valence-corrected chi connectivity index (χ3v) is 7.55. The molecular weight excluding hydrogens is 430 g/mol. The van der Waals surface area contributed by atoms with E-state index in [9.17, 15) is 0 Å². The first-order chi connectivity index (χ1) is 17.1. The zero-order chi connectivity index (χ0) is 24.5. The summed E-state index contributed by atoms with van der Waals surface area (Å²) in [4.78, 5) is 12.1. The molecule has 188 valence electrons. The van der Waals surface area contributed by atoms with E-state index in [2.05, 4.69) is 55.1 Å². The van der Waals surface area contributed by atoms with Crippen LogP contribution < -0.4 is 0 Å². The van der Waals surface area contributed by atoms with Gasteiger partial charge in [0.1, 0.15) is 5.76 Å². The van der Waals surface area contributed by atoms with E-state index in [1.807, 2.05) is 13.1 Å². The van der Waals surface area contributed by atoms with Crippen LogP contribution in [0.5, 0.6) is 0 Å². The summed E-state index contributed by atoms with van der Waals surface area (Å²) in [5, 5.41) is 0. The maximum atomic E-state index is 6.04. The molecule has 1 saturated heterocycles. The van der Waals surface area contributed by atoms with Crippen molar-refractivity contribution in [2.75, 3.05) is 13.1 Å². The SMILES string of the molecule is CCCCCCCCCc1ccc(-c2ccc(-c3nc(CCN4CCCC4C)c(C)o3)cc2)cn1. The molecule has 1 atom stereocenters. The zero-order valence-electron chi connectivity index (χ0n) is 22.1. The van der Waals surface area contributed by atoms with Crippen LogP contribution in [0, 0.1) is 6.92 Å². The Kier molecular flexibility index (Phi) is 9.53.